The second-order valence-electron chi connectivity index (χ2n) is 5.97. The molecule has 116 valence electrons. The number of methoxy groups -OCH3 is 1. The molecule has 5 nitrogen and oxygen atoms in total. The fourth-order valence-electron chi connectivity index (χ4n) is 3.02. The summed E-state index contributed by atoms with van der Waals surface area (Å²) in [6.07, 6.45) is 2.49. The summed E-state index contributed by atoms with van der Waals surface area (Å²) in [5, 5.41) is 7.59. The molecule has 1 unspecified atom stereocenters. The summed E-state index contributed by atoms with van der Waals surface area (Å²) in [6, 6.07) is 6.31. The lowest BCUT2D eigenvalue weighted by Gasteiger charge is -2.27. The third-order valence-corrected chi connectivity index (χ3v) is 4.04. The lowest BCUT2D eigenvalue weighted by molar-refractivity contribution is 0.199. The van der Waals surface area contributed by atoms with E-state index in [4.69, 9.17) is 15.9 Å². The molecule has 0 spiro atoms. The van der Waals surface area contributed by atoms with E-state index in [0.29, 0.717) is 6.04 Å². The molecular formula is C16H26N4O. The van der Waals surface area contributed by atoms with Gasteiger partial charge in [0.15, 0.2) is 0 Å². The molecule has 0 radical (unpaired) electrons. The van der Waals surface area contributed by atoms with Crippen molar-refractivity contribution in [3.05, 3.63) is 29.3 Å². The normalized spacial score (nSPS) is 19.1. The van der Waals surface area contributed by atoms with Crippen LogP contribution < -0.4 is 10.5 Å². The zero-order chi connectivity index (χ0) is 15.4. The molecule has 0 bridgehead atoms. The van der Waals surface area contributed by atoms with Crippen molar-refractivity contribution in [3.8, 4) is 5.75 Å². The van der Waals surface area contributed by atoms with Crippen LogP contribution in [0.4, 0.5) is 0 Å². The Hall–Kier alpha value is -1.59. The van der Waals surface area contributed by atoms with Gasteiger partial charge in [0.2, 0.25) is 0 Å². The van der Waals surface area contributed by atoms with E-state index in [2.05, 4.69) is 23.9 Å². The van der Waals surface area contributed by atoms with Gasteiger partial charge in [0.05, 0.1) is 7.11 Å². The number of hydrogen-bond acceptors (Lipinski definition) is 4. The quantitative estimate of drug-likeness (QED) is 0.615. The van der Waals surface area contributed by atoms with Crippen molar-refractivity contribution in [2.75, 3.05) is 34.3 Å². The molecule has 2 rings (SSSR count). The van der Waals surface area contributed by atoms with Crippen LogP contribution in [0.5, 0.6) is 5.75 Å². The van der Waals surface area contributed by atoms with Crippen LogP contribution in [-0.2, 0) is 6.54 Å². The number of benzene rings is 1. The second-order valence-corrected chi connectivity index (χ2v) is 5.97. The van der Waals surface area contributed by atoms with Gasteiger partial charge in [-0.05, 0) is 51.7 Å². The van der Waals surface area contributed by atoms with Gasteiger partial charge in [0.25, 0.3) is 0 Å². The summed E-state index contributed by atoms with van der Waals surface area (Å²) in [6.45, 7) is 3.05. The molecule has 1 heterocycles. The van der Waals surface area contributed by atoms with Crippen LogP contribution in [0.2, 0.25) is 0 Å². The highest BCUT2D eigenvalue weighted by atomic mass is 16.5. The molecule has 0 aliphatic carbocycles. The van der Waals surface area contributed by atoms with Crippen LogP contribution in [0.25, 0.3) is 0 Å². The zero-order valence-electron chi connectivity index (χ0n) is 13.2. The smallest absolute Gasteiger partial charge is 0.123 e. The van der Waals surface area contributed by atoms with Gasteiger partial charge in [0.1, 0.15) is 11.6 Å². The summed E-state index contributed by atoms with van der Waals surface area (Å²) in [4.78, 5) is 4.74. The van der Waals surface area contributed by atoms with Gasteiger partial charge < -0.3 is 15.4 Å². The molecule has 1 aromatic carbocycles. The average Bonchev–Trinajstić information content (AvgIpc) is 2.85. The molecule has 1 aliphatic rings. The number of likely N-dealkylation sites (N-methyl/N-ethyl adjacent to an activating group) is 1. The fraction of sp³-hybridized carbons (Fsp3) is 0.562. The maximum absolute atomic E-state index is 7.59. The number of ether oxygens (including phenoxy) is 1. The molecule has 0 amide bonds. The van der Waals surface area contributed by atoms with Crippen molar-refractivity contribution in [1.29, 1.82) is 5.41 Å². The summed E-state index contributed by atoms with van der Waals surface area (Å²) in [5.74, 6) is 0.973. The Morgan fingerprint density at radius 3 is 2.86 bits per heavy atom. The molecule has 1 aliphatic heterocycles. The Morgan fingerprint density at radius 1 is 1.48 bits per heavy atom. The molecule has 5 heteroatoms. The van der Waals surface area contributed by atoms with Crippen LogP contribution in [0, 0.1) is 5.41 Å². The lowest BCUT2D eigenvalue weighted by Crippen LogP contribution is -2.37. The van der Waals surface area contributed by atoms with E-state index in [0.717, 1.165) is 36.5 Å². The number of likely N-dealkylation sites (tertiary alicyclic amines) is 1. The largest absolute Gasteiger partial charge is 0.496 e. The Kier molecular flexibility index (Phi) is 5.20. The van der Waals surface area contributed by atoms with Crippen LogP contribution in [0.15, 0.2) is 18.2 Å². The minimum absolute atomic E-state index is 0.102. The van der Waals surface area contributed by atoms with Crippen molar-refractivity contribution in [2.24, 2.45) is 5.73 Å². The highest BCUT2D eigenvalue weighted by Gasteiger charge is 2.25. The first-order chi connectivity index (χ1) is 10.0. The molecule has 3 N–H and O–H groups in total. The number of nitrogen functional groups attached to an aromatic ring is 1. The first kappa shape index (κ1) is 15.8. The van der Waals surface area contributed by atoms with Crippen molar-refractivity contribution < 1.29 is 4.74 Å². The van der Waals surface area contributed by atoms with E-state index in [9.17, 15) is 0 Å². The minimum atomic E-state index is 0.102. The summed E-state index contributed by atoms with van der Waals surface area (Å²) in [7, 11) is 5.93. The number of nitrogens with one attached hydrogen (secondary N) is 1. The first-order valence-corrected chi connectivity index (χ1v) is 7.41. The Labute approximate surface area is 127 Å². The molecule has 0 saturated carbocycles. The standard InChI is InChI=1S/C16H26N4O/c1-19(2)11-14-5-4-8-20(14)10-13-9-12(16(17)18)6-7-15(13)21-3/h6-7,9,14H,4-5,8,10-11H2,1-3H3,(H3,17,18). The Morgan fingerprint density at radius 2 is 2.24 bits per heavy atom. The lowest BCUT2D eigenvalue weighted by atomic mass is 10.1. The summed E-state index contributed by atoms with van der Waals surface area (Å²) < 4.78 is 5.46. The third-order valence-electron chi connectivity index (χ3n) is 4.04. The maximum Gasteiger partial charge on any atom is 0.123 e. The highest BCUT2D eigenvalue weighted by molar-refractivity contribution is 5.95. The van der Waals surface area contributed by atoms with Gasteiger partial charge in [-0.1, -0.05) is 0 Å². The molecule has 21 heavy (non-hydrogen) atoms. The van der Waals surface area contributed by atoms with Crippen molar-refractivity contribution in [1.82, 2.24) is 9.80 Å². The van der Waals surface area contributed by atoms with E-state index in [1.165, 1.54) is 12.8 Å². The van der Waals surface area contributed by atoms with Gasteiger partial charge in [-0.3, -0.25) is 10.3 Å². The maximum atomic E-state index is 7.59. The van der Waals surface area contributed by atoms with Crippen LogP contribution in [-0.4, -0.2) is 56.0 Å². The number of amidine groups is 1. The second kappa shape index (κ2) is 6.91. The highest BCUT2D eigenvalue weighted by Crippen LogP contribution is 2.26. The number of rotatable bonds is 6. The van der Waals surface area contributed by atoms with E-state index >= 15 is 0 Å². The topological polar surface area (TPSA) is 65.6 Å². The van der Waals surface area contributed by atoms with E-state index < -0.39 is 0 Å². The zero-order valence-corrected chi connectivity index (χ0v) is 13.2. The fourth-order valence-corrected chi connectivity index (χ4v) is 3.02. The predicted octanol–water partition coefficient (Wildman–Crippen LogP) is 1.51. The number of nitrogens with zero attached hydrogens (tertiary/aromatic N) is 2. The Balaban J connectivity index is 2.17. The molecular weight excluding hydrogens is 264 g/mol. The van der Waals surface area contributed by atoms with Gasteiger partial charge in [-0.2, -0.15) is 0 Å². The predicted molar refractivity (Wildman–Crippen MR) is 86.0 cm³/mol. The van der Waals surface area contributed by atoms with Gasteiger partial charge in [-0.25, -0.2) is 0 Å². The van der Waals surface area contributed by atoms with Gasteiger partial charge in [0, 0.05) is 30.3 Å². The van der Waals surface area contributed by atoms with E-state index in [1.54, 1.807) is 7.11 Å². The van der Waals surface area contributed by atoms with Crippen molar-refractivity contribution in [2.45, 2.75) is 25.4 Å². The third kappa shape index (κ3) is 3.95. The summed E-state index contributed by atoms with van der Waals surface area (Å²) >= 11 is 0. The Bertz CT molecular complexity index is 501. The van der Waals surface area contributed by atoms with Crippen LogP contribution in [0.3, 0.4) is 0 Å². The molecule has 1 aromatic rings. The minimum Gasteiger partial charge on any atom is -0.496 e. The average molecular weight is 290 g/mol. The number of hydrogen-bond donors (Lipinski definition) is 2. The van der Waals surface area contributed by atoms with E-state index in [1.807, 2.05) is 18.2 Å². The molecule has 1 fully saturated rings. The van der Waals surface area contributed by atoms with Crippen molar-refractivity contribution >= 4 is 5.84 Å². The summed E-state index contributed by atoms with van der Waals surface area (Å²) in [5.41, 5.74) is 7.46. The van der Waals surface area contributed by atoms with Crippen molar-refractivity contribution in [3.63, 3.8) is 0 Å². The van der Waals surface area contributed by atoms with E-state index in [-0.39, 0.29) is 5.84 Å². The molecule has 0 aromatic heterocycles. The van der Waals surface area contributed by atoms with Crippen LogP contribution >= 0.6 is 0 Å². The van der Waals surface area contributed by atoms with Gasteiger partial charge in [-0.15, -0.1) is 0 Å². The van der Waals surface area contributed by atoms with Crippen LogP contribution in [0.1, 0.15) is 24.0 Å². The first-order valence-electron chi connectivity index (χ1n) is 7.41. The SMILES string of the molecule is COc1ccc(C(=N)N)cc1CN1CCCC1CN(C)C. The monoisotopic (exact) mass is 290 g/mol. The van der Waals surface area contributed by atoms with Gasteiger partial charge >= 0.3 is 0 Å². The molecule has 1 atom stereocenters. The number of nitrogens with two attached hydrogens (primary N) is 1. The molecule has 1 saturated heterocycles.